The molecule has 2 nitrogen and oxygen atoms in total. The topological polar surface area (TPSA) is 35.2 Å². The number of nitrogens with two attached hydrogens (primary N) is 1. The number of halogens is 2. The molecule has 0 radical (unpaired) electrons. The first-order chi connectivity index (χ1) is 10.1. The lowest BCUT2D eigenvalue weighted by Crippen LogP contribution is -2.21. The van der Waals surface area contributed by atoms with Gasteiger partial charge in [0.2, 0.25) is 0 Å². The monoisotopic (exact) mass is 351 g/mol. The van der Waals surface area contributed by atoms with Crippen molar-refractivity contribution < 1.29 is 9.13 Å². The van der Waals surface area contributed by atoms with Crippen molar-refractivity contribution in [2.75, 3.05) is 0 Å². The van der Waals surface area contributed by atoms with Gasteiger partial charge in [-0.25, -0.2) is 4.39 Å². The second-order valence-corrected chi connectivity index (χ2v) is 5.91. The van der Waals surface area contributed by atoms with Crippen molar-refractivity contribution in [2.45, 2.75) is 32.4 Å². The van der Waals surface area contributed by atoms with E-state index in [-0.39, 0.29) is 11.9 Å². The lowest BCUT2D eigenvalue weighted by Gasteiger charge is -2.10. The quantitative estimate of drug-likeness (QED) is 0.834. The van der Waals surface area contributed by atoms with E-state index in [9.17, 15) is 4.39 Å². The second kappa shape index (κ2) is 7.57. The van der Waals surface area contributed by atoms with E-state index in [4.69, 9.17) is 10.5 Å². The number of hydrogen-bond acceptors (Lipinski definition) is 2. The van der Waals surface area contributed by atoms with Crippen molar-refractivity contribution in [1.82, 2.24) is 0 Å². The average Bonchev–Trinajstić information content (AvgIpc) is 2.50. The largest absolute Gasteiger partial charge is 0.489 e. The van der Waals surface area contributed by atoms with E-state index in [0.29, 0.717) is 11.1 Å². The maximum Gasteiger partial charge on any atom is 0.137 e. The van der Waals surface area contributed by atoms with Gasteiger partial charge in [-0.1, -0.05) is 25.1 Å². The van der Waals surface area contributed by atoms with Gasteiger partial charge in [0, 0.05) is 6.04 Å². The molecule has 1 atom stereocenters. The van der Waals surface area contributed by atoms with E-state index in [1.807, 2.05) is 24.3 Å². The number of ether oxygens (including phenoxy) is 1. The highest BCUT2D eigenvalue weighted by Crippen LogP contribution is 2.19. The van der Waals surface area contributed by atoms with Crippen LogP contribution in [0.1, 0.15) is 24.5 Å². The van der Waals surface area contributed by atoms with Crippen molar-refractivity contribution in [3.63, 3.8) is 0 Å². The van der Waals surface area contributed by atoms with Gasteiger partial charge in [0.05, 0.1) is 4.47 Å². The smallest absolute Gasteiger partial charge is 0.137 e. The average molecular weight is 352 g/mol. The van der Waals surface area contributed by atoms with E-state index >= 15 is 0 Å². The van der Waals surface area contributed by atoms with Gasteiger partial charge in [0.1, 0.15) is 18.2 Å². The van der Waals surface area contributed by atoms with Gasteiger partial charge in [0.15, 0.2) is 0 Å². The Balaban J connectivity index is 1.92. The van der Waals surface area contributed by atoms with Crippen LogP contribution in [-0.2, 0) is 13.0 Å². The lowest BCUT2D eigenvalue weighted by molar-refractivity contribution is 0.306. The first kappa shape index (κ1) is 16.0. The summed E-state index contributed by atoms with van der Waals surface area (Å²) in [5.41, 5.74) is 8.06. The van der Waals surface area contributed by atoms with E-state index in [1.165, 1.54) is 11.6 Å². The summed E-state index contributed by atoms with van der Waals surface area (Å²) in [6.07, 6.45) is 1.85. The van der Waals surface area contributed by atoms with Crippen LogP contribution in [0.25, 0.3) is 0 Å². The molecule has 112 valence electrons. The Labute approximate surface area is 133 Å². The highest BCUT2D eigenvalue weighted by atomic mass is 79.9. The molecule has 0 saturated carbocycles. The summed E-state index contributed by atoms with van der Waals surface area (Å²) in [4.78, 5) is 0. The van der Waals surface area contributed by atoms with E-state index in [0.717, 1.165) is 24.2 Å². The molecule has 2 rings (SSSR count). The predicted molar refractivity (Wildman–Crippen MR) is 86.8 cm³/mol. The molecule has 2 aromatic rings. The molecule has 2 aromatic carbocycles. The number of hydrogen-bond donors (Lipinski definition) is 1. The summed E-state index contributed by atoms with van der Waals surface area (Å²) in [6.45, 7) is 2.50. The Bertz CT molecular complexity index is 586. The summed E-state index contributed by atoms with van der Waals surface area (Å²) in [6, 6.07) is 13.0. The third-order valence-corrected chi connectivity index (χ3v) is 3.94. The Morgan fingerprint density at radius 1 is 1.14 bits per heavy atom. The zero-order valence-corrected chi connectivity index (χ0v) is 13.6. The molecule has 0 heterocycles. The van der Waals surface area contributed by atoms with Crippen LogP contribution in [0.15, 0.2) is 46.9 Å². The van der Waals surface area contributed by atoms with Crippen LogP contribution in [0.4, 0.5) is 4.39 Å². The molecular formula is C17H19BrFNO. The fourth-order valence-electron chi connectivity index (χ4n) is 1.96. The molecule has 0 fully saturated rings. The fraction of sp³-hybridized carbons (Fsp3) is 0.294. The Hall–Kier alpha value is -1.39. The highest BCUT2D eigenvalue weighted by Gasteiger charge is 2.03. The summed E-state index contributed by atoms with van der Waals surface area (Å²) in [7, 11) is 0. The van der Waals surface area contributed by atoms with Crippen LogP contribution < -0.4 is 10.5 Å². The Morgan fingerprint density at radius 2 is 1.81 bits per heavy atom. The standard InChI is InChI=1S/C17H19BrFNO/c1-2-14(20)9-12-3-6-15(7-4-12)21-11-13-5-8-17(19)16(18)10-13/h3-8,10,14H,2,9,11,20H2,1H3. The maximum absolute atomic E-state index is 13.1. The van der Waals surface area contributed by atoms with Gasteiger partial charge in [-0.15, -0.1) is 0 Å². The van der Waals surface area contributed by atoms with Crippen molar-refractivity contribution in [1.29, 1.82) is 0 Å². The predicted octanol–water partition coefficient (Wildman–Crippen LogP) is 4.45. The summed E-state index contributed by atoms with van der Waals surface area (Å²) >= 11 is 3.17. The van der Waals surface area contributed by atoms with Crippen molar-refractivity contribution in [3.8, 4) is 5.75 Å². The Morgan fingerprint density at radius 3 is 2.43 bits per heavy atom. The van der Waals surface area contributed by atoms with Crippen molar-refractivity contribution in [2.24, 2.45) is 5.73 Å². The van der Waals surface area contributed by atoms with E-state index in [1.54, 1.807) is 12.1 Å². The molecule has 0 saturated heterocycles. The summed E-state index contributed by atoms with van der Waals surface area (Å²) in [5.74, 6) is 0.527. The third-order valence-electron chi connectivity index (χ3n) is 3.34. The molecule has 0 bridgehead atoms. The third kappa shape index (κ3) is 4.83. The van der Waals surface area contributed by atoms with E-state index in [2.05, 4.69) is 22.9 Å². The fourth-order valence-corrected chi connectivity index (χ4v) is 2.39. The minimum absolute atomic E-state index is 0.202. The summed E-state index contributed by atoms with van der Waals surface area (Å²) < 4.78 is 19.3. The molecule has 0 aliphatic rings. The first-order valence-electron chi connectivity index (χ1n) is 6.99. The van der Waals surface area contributed by atoms with Crippen LogP contribution in [0.3, 0.4) is 0 Å². The van der Waals surface area contributed by atoms with Gasteiger partial charge in [-0.05, 0) is 64.2 Å². The highest BCUT2D eigenvalue weighted by molar-refractivity contribution is 9.10. The molecule has 1 unspecified atom stereocenters. The molecule has 4 heteroatoms. The molecule has 2 N–H and O–H groups in total. The SMILES string of the molecule is CCC(N)Cc1ccc(OCc2ccc(F)c(Br)c2)cc1. The van der Waals surface area contributed by atoms with Crippen LogP contribution in [-0.4, -0.2) is 6.04 Å². The van der Waals surface area contributed by atoms with Gasteiger partial charge in [-0.2, -0.15) is 0 Å². The van der Waals surface area contributed by atoms with Gasteiger partial charge in [0.25, 0.3) is 0 Å². The molecule has 0 spiro atoms. The molecule has 0 aliphatic heterocycles. The molecular weight excluding hydrogens is 333 g/mol. The van der Waals surface area contributed by atoms with E-state index < -0.39 is 0 Å². The Kier molecular flexibility index (Phi) is 5.76. The van der Waals surface area contributed by atoms with Crippen molar-refractivity contribution in [3.05, 3.63) is 63.9 Å². The van der Waals surface area contributed by atoms with Crippen LogP contribution in [0.2, 0.25) is 0 Å². The summed E-state index contributed by atoms with van der Waals surface area (Å²) in [5, 5.41) is 0. The second-order valence-electron chi connectivity index (χ2n) is 5.05. The maximum atomic E-state index is 13.1. The zero-order chi connectivity index (χ0) is 15.2. The molecule has 21 heavy (non-hydrogen) atoms. The normalized spacial score (nSPS) is 12.2. The minimum Gasteiger partial charge on any atom is -0.489 e. The van der Waals surface area contributed by atoms with Crippen LogP contribution >= 0.6 is 15.9 Å². The molecule has 0 amide bonds. The van der Waals surface area contributed by atoms with Gasteiger partial charge < -0.3 is 10.5 Å². The minimum atomic E-state index is -0.268. The van der Waals surface area contributed by atoms with Gasteiger partial charge in [-0.3, -0.25) is 0 Å². The van der Waals surface area contributed by atoms with Crippen LogP contribution in [0.5, 0.6) is 5.75 Å². The van der Waals surface area contributed by atoms with Crippen molar-refractivity contribution >= 4 is 15.9 Å². The number of rotatable bonds is 6. The first-order valence-corrected chi connectivity index (χ1v) is 7.79. The molecule has 0 aliphatic carbocycles. The van der Waals surface area contributed by atoms with Gasteiger partial charge >= 0.3 is 0 Å². The zero-order valence-electron chi connectivity index (χ0n) is 12.0. The molecule has 0 aromatic heterocycles. The van der Waals surface area contributed by atoms with Crippen LogP contribution in [0, 0.1) is 5.82 Å². The lowest BCUT2D eigenvalue weighted by atomic mass is 10.0. The number of benzene rings is 2.